The van der Waals surface area contributed by atoms with E-state index in [1.807, 2.05) is 0 Å². The van der Waals surface area contributed by atoms with E-state index >= 15 is 0 Å². The maximum Gasteiger partial charge on any atom is 0.384 e. The lowest BCUT2D eigenvalue weighted by molar-refractivity contribution is -0.133. The number of benzene rings is 1. The van der Waals surface area contributed by atoms with Gasteiger partial charge in [0.15, 0.2) is 0 Å². The number of hydrogen-bond donors (Lipinski definition) is 1. The van der Waals surface area contributed by atoms with Crippen LogP contribution in [-0.4, -0.2) is 26.0 Å². The minimum Gasteiger partial charge on any atom is -0.459 e. The molecular formula is C10H8O5S. The quantitative estimate of drug-likeness (QED) is 0.438. The maximum absolute atomic E-state index is 10.9. The zero-order chi connectivity index (χ0) is 12.2. The van der Waals surface area contributed by atoms with Gasteiger partial charge < -0.3 is 4.74 Å². The fourth-order valence-corrected chi connectivity index (χ4v) is 1.61. The molecular weight excluding hydrogens is 232 g/mol. The van der Waals surface area contributed by atoms with Gasteiger partial charge in [-0.05, 0) is 12.1 Å². The Morgan fingerprint density at radius 1 is 1.38 bits per heavy atom. The molecule has 0 aliphatic heterocycles. The summed E-state index contributed by atoms with van der Waals surface area (Å²) in [6, 6.07) is 5.54. The van der Waals surface area contributed by atoms with Gasteiger partial charge in [0.05, 0.1) is 7.11 Å². The molecule has 0 atom stereocenters. The molecule has 0 heterocycles. The van der Waals surface area contributed by atoms with Gasteiger partial charge in [0.2, 0.25) is 0 Å². The standard InChI is InChI=1S/C10H8O5S/c1-15-10(11)7-6-8-4-2-3-5-9(8)16(12,13)14/h2-5H,1H3,(H,12,13,14). The molecule has 0 amide bonds. The Labute approximate surface area is 92.8 Å². The molecule has 84 valence electrons. The average molecular weight is 240 g/mol. The molecule has 0 saturated carbocycles. The van der Waals surface area contributed by atoms with E-state index in [-0.39, 0.29) is 10.5 Å². The Kier molecular flexibility index (Phi) is 3.66. The highest BCUT2D eigenvalue weighted by atomic mass is 32.2. The highest BCUT2D eigenvalue weighted by Crippen LogP contribution is 2.13. The van der Waals surface area contributed by atoms with E-state index in [0.29, 0.717) is 0 Å². The monoisotopic (exact) mass is 240 g/mol. The summed E-state index contributed by atoms with van der Waals surface area (Å²) < 4.78 is 35.0. The molecule has 1 aromatic carbocycles. The van der Waals surface area contributed by atoms with Gasteiger partial charge in [-0.15, -0.1) is 0 Å². The molecule has 0 aliphatic carbocycles. The predicted molar refractivity (Wildman–Crippen MR) is 55.2 cm³/mol. The normalized spacial score (nSPS) is 10.1. The molecule has 0 bridgehead atoms. The number of ether oxygens (including phenoxy) is 1. The predicted octanol–water partition coefficient (Wildman–Crippen LogP) is 0.458. The molecule has 0 fully saturated rings. The van der Waals surface area contributed by atoms with Gasteiger partial charge in [-0.25, -0.2) is 4.79 Å². The van der Waals surface area contributed by atoms with Crippen molar-refractivity contribution < 1.29 is 22.5 Å². The second-order valence-corrected chi connectivity index (χ2v) is 4.10. The highest BCUT2D eigenvalue weighted by Gasteiger charge is 2.13. The molecule has 6 heteroatoms. The molecule has 1 aromatic rings. The van der Waals surface area contributed by atoms with Crippen LogP contribution in [0.1, 0.15) is 5.56 Å². The smallest absolute Gasteiger partial charge is 0.384 e. The van der Waals surface area contributed by atoms with Crippen LogP contribution in [0.3, 0.4) is 0 Å². The molecule has 0 saturated heterocycles. The topological polar surface area (TPSA) is 80.7 Å². The van der Waals surface area contributed by atoms with Crippen molar-refractivity contribution >= 4 is 16.1 Å². The first kappa shape index (κ1) is 12.2. The van der Waals surface area contributed by atoms with Crippen molar-refractivity contribution in [2.45, 2.75) is 4.90 Å². The Morgan fingerprint density at radius 2 is 2.00 bits per heavy atom. The molecule has 0 unspecified atom stereocenters. The summed E-state index contributed by atoms with van der Waals surface area (Å²) in [6.07, 6.45) is 0. The lowest BCUT2D eigenvalue weighted by Gasteiger charge is -1.98. The Hall–Kier alpha value is -1.84. The maximum atomic E-state index is 10.9. The Morgan fingerprint density at radius 3 is 2.56 bits per heavy atom. The summed E-state index contributed by atoms with van der Waals surface area (Å²) in [7, 11) is -3.18. The van der Waals surface area contributed by atoms with E-state index in [4.69, 9.17) is 4.55 Å². The second kappa shape index (κ2) is 4.79. The summed E-state index contributed by atoms with van der Waals surface area (Å²) in [4.78, 5) is 10.4. The third kappa shape index (κ3) is 3.08. The van der Waals surface area contributed by atoms with E-state index < -0.39 is 16.1 Å². The van der Waals surface area contributed by atoms with Crippen LogP contribution < -0.4 is 0 Å². The average Bonchev–Trinajstić information content (AvgIpc) is 2.25. The Balaban J connectivity index is 3.24. The van der Waals surface area contributed by atoms with E-state index in [1.165, 1.54) is 24.3 Å². The summed E-state index contributed by atoms with van der Waals surface area (Å²) in [6.45, 7) is 0. The van der Waals surface area contributed by atoms with Crippen LogP contribution in [0.15, 0.2) is 29.2 Å². The lowest BCUT2D eigenvalue weighted by Crippen LogP contribution is -2.01. The lowest BCUT2D eigenvalue weighted by atomic mass is 10.2. The van der Waals surface area contributed by atoms with Gasteiger partial charge in [-0.1, -0.05) is 18.1 Å². The minimum atomic E-state index is -4.34. The van der Waals surface area contributed by atoms with E-state index in [2.05, 4.69) is 16.6 Å². The van der Waals surface area contributed by atoms with E-state index in [0.717, 1.165) is 7.11 Å². The second-order valence-electron chi connectivity index (χ2n) is 2.71. The molecule has 0 radical (unpaired) electrons. The minimum absolute atomic E-state index is 0.0374. The number of methoxy groups -OCH3 is 1. The first-order valence-corrected chi connectivity index (χ1v) is 5.55. The van der Waals surface area contributed by atoms with Crippen molar-refractivity contribution in [2.75, 3.05) is 7.11 Å². The van der Waals surface area contributed by atoms with Gasteiger partial charge in [0, 0.05) is 11.5 Å². The van der Waals surface area contributed by atoms with Gasteiger partial charge in [-0.3, -0.25) is 4.55 Å². The SMILES string of the molecule is COC(=O)C#Cc1ccccc1S(=O)(=O)O. The number of rotatable bonds is 1. The van der Waals surface area contributed by atoms with Gasteiger partial charge in [0.25, 0.3) is 10.1 Å². The third-order valence-electron chi connectivity index (χ3n) is 1.65. The summed E-state index contributed by atoms with van der Waals surface area (Å²) >= 11 is 0. The fraction of sp³-hybridized carbons (Fsp3) is 0.100. The van der Waals surface area contributed by atoms with Gasteiger partial charge >= 0.3 is 5.97 Å². The van der Waals surface area contributed by atoms with Crippen LogP contribution in [-0.2, 0) is 19.6 Å². The molecule has 5 nitrogen and oxygen atoms in total. The number of hydrogen-bond acceptors (Lipinski definition) is 4. The fourth-order valence-electron chi connectivity index (χ4n) is 0.964. The Bertz CT molecular complexity index is 562. The van der Waals surface area contributed by atoms with Crippen LogP contribution in [0.5, 0.6) is 0 Å². The van der Waals surface area contributed by atoms with Gasteiger partial charge in [-0.2, -0.15) is 8.42 Å². The van der Waals surface area contributed by atoms with E-state index in [9.17, 15) is 13.2 Å². The van der Waals surface area contributed by atoms with Crippen LogP contribution in [0.4, 0.5) is 0 Å². The van der Waals surface area contributed by atoms with Crippen LogP contribution in [0.2, 0.25) is 0 Å². The summed E-state index contributed by atoms with van der Waals surface area (Å²) in [5.41, 5.74) is 0.0374. The molecule has 1 N–H and O–H groups in total. The zero-order valence-electron chi connectivity index (χ0n) is 8.30. The number of carbonyl (C=O) groups is 1. The van der Waals surface area contributed by atoms with Crippen molar-refractivity contribution in [2.24, 2.45) is 0 Å². The third-order valence-corrected chi connectivity index (χ3v) is 2.56. The largest absolute Gasteiger partial charge is 0.459 e. The van der Waals surface area contributed by atoms with Crippen LogP contribution >= 0.6 is 0 Å². The first-order chi connectivity index (χ1) is 7.45. The van der Waals surface area contributed by atoms with Crippen LogP contribution in [0, 0.1) is 11.8 Å². The molecule has 0 aromatic heterocycles. The van der Waals surface area contributed by atoms with Gasteiger partial charge in [0.1, 0.15) is 4.90 Å². The molecule has 16 heavy (non-hydrogen) atoms. The molecule has 1 rings (SSSR count). The number of esters is 1. The van der Waals surface area contributed by atoms with E-state index in [1.54, 1.807) is 0 Å². The molecule has 0 spiro atoms. The van der Waals surface area contributed by atoms with Crippen molar-refractivity contribution in [1.29, 1.82) is 0 Å². The summed E-state index contributed by atoms with van der Waals surface area (Å²) in [5.74, 6) is 3.59. The van der Waals surface area contributed by atoms with Crippen molar-refractivity contribution in [1.82, 2.24) is 0 Å². The zero-order valence-corrected chi connectivity index (χ0v) is 9.11. The van der Waals surface area contributed by atoms with Crippen molar-refractivity contribution in [3.8, 4) is 11.8 Å². The van der Waals surface area contributed by atoms with Crippen molar-refractivity contribution in [3.63, 3.8) is 0 Å². The number of carbonyl (C=O) groups excluding carboxylic acids is 1. The first-order valence-electron chi connectivity index (χ1n) is 4.11. The summed E-state index contributed by atoms with van der Waals surface area (Å²) in [5, 5.41) is 0. The highest BCUT2D eigenvalue weighted by molar-refractivity contribution is 7.85. The van der Waals surface area contributed by atoms with Crippen molar-refractivity contribution in [3.05, 3.63) is 29.8 Å². The van der Waals surface area contributed by atoms with Crippen LogP contribution in [0.25, 0.3) is 0 Å². The molecule has 0 aliphatic rings.